The van der Waals surface area contributed by atoms with Crippen LogP contribution in [0.15, 0.2) is 24.3 Å². The zero-order valence-electron chi connectivity index (χ0n) is 12.6. The predicted molar refractivity (Wildman–Crippen MR) is 83.2 cm³/mol. The van der Waals surface area contributed by atoms with Gasteiger partial charge in [-0.25, -0.2) is 0 Å². The predicted octanol–water partition coefficient (Wildman–Crippen LogP) is 3.19. The highest BCUT2D eigenvalue weighted by Crippen LogP contribution is 2.26. The zero-order chi connectivity index (χ0) is 14.9. The number of amides is 1. The second kappa shape index (κ2) is 5.74. The van der Waals surface area contributed by atoms with Gasteiger partial charge in [0.15, 0.2) is 0 Å². The number of piperazine rings is 1. The number of nitrogens with zero attached hydrogens (tertiary/aromatic N) is 1. The Bertz CT molecular complexity index is 499. The number of carbonyl (C=O) groups is 1. The molecule has 0 spiro atoms. The average Bonchev–Trinajstić information content (AvgIpc) is 2.38. The first-order valence-electron chi connectivity index (χ1n) is 7.13. The van der Waals surface area contributed by atoms with Crippen molar-refractivity contribution >= 4 is 17.5 Å². The van der Waals surface area contributed by atoms with Crippen LogP contribution in [0.2, 0.25) is 5.02 Å². The summed E-state index contributed by atoms with van der Waals surface area (Å²) in [5.74, 6) is 0.514. The van der Waals surface area contributed by atoms with Crippen molar-refractivity contribution < 1.29 is 4.79 Å². The van der Waals surface area contributed by atoms with E-state index in [-0.39, 0.29) is 11.4 Å². The minimum absolute atomic E-state index is 0.0211. The smallest absolute Gasteiger partial charge is 0.255 e. The zero-order valence-corrected chi connectivity index (χ0v) is 13.4. The standard InChI is InChI=1S/C16H23ClN2O/c1-11(2)14-9-19(16(3,4)10-18-14)15(20)12-7-5-6-8-13(12)17/h5-8,11,14,18H,9-10H2,1-4H3. The molecule has 2 rings (SSSR count). The number of rotatable bonds is 2. The lowest BCUT2D eigenvalue weighted by Gasteiger charge is -2.47. The Balaban J connectivity index is 2.28. The summed E-state index contributed by atoms with van der Waals surface area (Å²) in [4.78, 5) is 14.8. The molecule has 0 aliphatic carbocycles. The maximum atomic E-state index is 12.8. The van der Waals surface area contributed by atoms with Gasteiger partial charge < -0.3 is 10.2 Å². The molecular weight excluding hydrogens is 272 g/mol. The van der Waals surface area contributed by atoms with E-state index in [1.807, 2.05) is 17.0 Å². The molecule has 3 nitrogen and oxygen atoms in total. The van der Waals surface area contributed by atoms with Crippen LogP contribution < -0.4 is 5.32 Å². The molecule has 0 aromatic heterocycles. The van der Waals surface area contributed by atoms with Crippen molar-refractivity contribution in [3.63, 3.8) is 0 Å². The summed E-state index contributed by atoms with van der Waals surface area (Å²) in [7, 11) is 0. The van der Waals surface area contributed by atoms with E-state index in [4.69, 9.17) is 11.6 Å². The van der Waals surface area contributed by atoms with Crippen molar-refractivity contribution in [2.45, 2.75) is 39.3 Å². The molecule has 20 heavy (non-hydrogen) atoms. The summed E-state index contributed by atoms with van der Waals surface area (Å²) in [6.07, 6.45) is 0. The Morgan fingerprint density at radius 1 is 1.40 bits per heavy atom. The number of halogens is 1. The molecule has 1 unspecified atom stereocenters. The minimum Gasteiger partial charge on any atom is -0.331 e. The highest BCUT2D eigenvalue weighted by molar-refractivity contribution is 6.33. The van der Waals surface area contributed by atoms with Crippen LogP contribution in [0.25, 0.3) is 0 Å². The molecule has 0 radical (unpaired) electrons. The van der Waals surface area contributed by atoms with Crippen LogP contribution in [0.1, 0.15) is 38.1 Å². The van der Waals surface area contributed by atoms with Crippen LogP contribution in [0.5, 0.6) is 0 Å². The van der Waals surface area contributed by atoms with Crippen molar-refractivity contribution in [3.05, 3.63) is 34.9 Å². The second-order valence-corrected chi connectivity index (χ2v) is 6.85. The third-order valence-electron chi connectivity index (χ3n) is 4.06. The van der Waals surface area contributed by atoms with E-state index >= 15 is 0 Å². The fourth-order valence-corrected chi connectivity index (χ4v) is 2.79. The van der Waals surface area contributed by atoms with E-state index in [0.717, 1.165) is 6.54 Å². The second-order valence-electron chi connectivity index (χ2n) is 6.44. The Labute approximate surface area is 126 Å². The summed E-state index contributed by atoms with van der Waals surface area (Å²) < 4.78 is 0. The van der Waals surface area contributed by atoms with Crippen molar-refractivity contribution in [1.82, 2.24) is 10.2 Å². The fraction of sp³-hybridized carbons (Fsp3) is 0.562. The van der Waals surface area contributed by atoms with Gasteiger partial charge in [-0.3, -0.25) is 4.79 Å². The minimum atomic E-state index is -0.207. The number of carbonyl (C=O) groups excluding carboxylic acids is 1. The molecule has 1 aromatic carbocycles. The molecule has 110 valence electrons. The van der Waals surface area contributed by atoms with Gasteiger partial charge in [0, 0.05) is 19.1 Å². The molecule has 1 saturated heterocycles. The first-order valence-corrected chi connectivity index (χ1v) is 7.50. The van der Waals surface area contributed by atoms with Gasteiger partial charge in [-0.15, -0.1) is 0 Å². The highest BCUT2D eigenvalue weighted by Gasteiger charge is 2.38. The summed E-state index contributed by atoms with van der Waals surface area (Å²) >= 11 is 6.17. The molecule has 1 heterocycles. The van der Waals surface area contributed by atoms with Crippen molar-refractivity contribution in [3.8, 4) is 0 Å². The average molecular weight is 295 g/mol. The summed E-state index contributed by atoms with van der Waals surface area (Å²) in [5, 5.41) is 4.05. The third kappa shape index (κ3) is 2.99. The Morgan fingerprint density at radius 2 is 2.05 bits per heavy atom. The molecule has 1 fully saturated rings. The monoisotopic (exact) mass is 294 g/mol. The normalized spacial score (nSPS) is 22.1. The van der Waals surface area contributed by atoms with E-state index in [2.05, 4.69) is 33.0 Å². The fourth-order valence-electron chi connectivity index (χ4n) is 2.57. The van der Waals surface area contributed by atoms with E-state index in [9.17, 15) is 4.79 Å². The van der Waals surface area contributed by atoms with Gasteiger partial charge in [-0.2, -0.15) is 0 Å². The van der Waals surface area contributed by atoms with Gasteiger partial charge in [0.25, 0.3) is 5.91 Å². The molecule has 1 aliphatic heterocycles. The number of hydrogen-bond donors (Lipinski definition) is 1. The summed E-state index contributed by atoms with van der Waals surface area (Å²) in [5.41, 5.74) is 0.383. The van der Waals surface area contributed by atoms with Gasteiger partial charge in [0.05, 0.1) is 16.1 Å². The maximum Gasteiger partial charge on any atom is 0.255 e. The largest absolute Gasteiger partial charge is 0.331 e. The molecule has 1 aromatic rings. The van der Waals surface area contributed by atoms with Crippen LogP contribution in [0.3, 0.4) is 0 Å². The van der Waals surface area contributed by atoms with Crippen LogP contribution in [0, 0.1) is 5.92 Å². The van der Waals surface area contributed by atoms with Crippen molar-refractivity contribution in [1.29, 1.82) is 0 Å². The SMILES string of the molecule is CC(C)C1CN(C(=O)c2ccccc2Cl)C(C)(C)CN1. The summed E-state index contributed by atoms with van der Waals surface area (Å²) in [6, 6.07) is 7.60. The van der Waals surface area contributed by atoms with Crippen LogP contribution >= 0.6 is 11.6 Å². The number of benzene rings is 1. The van der Waals surface area contributed by atoms with Crippen molar-refractivity contribution in [2.75, 3.05) is 13.1 Å². The lowest BCUT2D eigenvalue weighted by molar-refractivity contribution is 0.0353. The van der Waals surface area contributed by atoms with Crippen LogP contribution in [-0.4, -0.2) is 35.5 Å². The van der Waals surface area contributed by atoms with E-state index in [0.29, 0.717) is 29.1 Å². The van der Waals surface area contributed by atoms with Gasteiger partial charge >= 0.3 is 0 Å². The van der Waals surface area contributed by atoms with E-state index in [1.165, 1.54) is 0 Å². The molecule has 1 aliphatic rings. The van der Waals surface area contributed by atoms with Gasteiger partial charge in [-0.1, -0.05) is 37.6 Å². The maximum absolute atomic E-state index is 12.8. The van der Waals surface area contributed by atoms with E-state index in [1.54, 1.807) is 12.1 Å². The molecule has 0 saturated carbocycles. The highest BCUT2D eigenvalue weighted by atomic mass is 35.5. The van der Waals surface area contributed by atoms with Crippen molar-refractivity contribution in [2.24, 2.45) is 5.92 Å². The number of hydrogen-bond acceptors (Lipinski definition) is 2. The Kier molecular flexibility index (Phi) is 4.40. The number of nitrogens with one attached hydrogen (secondary N) is 1. The molecule has 4 heteroatoms. The Morgan fingerprint density at radius 3 is 2.65 bits per heavy atom. The molecule has 1 atom stereocenters. The lowest BCUT2D eigenvalue weighted by Crippen LogP contribution is -2.64. The first-order chi connectivity index (χ1) is 9.33. The van der Waals surface area contributed by atoms with Crippen LogP contribution in [-0.2, 0) is 0 Å². The lowest BCUT2D eigenvalue weighted by atomic mass is 9.92. The van der Waals surface area contributed by atoms with Gasteiger partial charge in [0.1, 0.15) is 0 Å². The molecular formula is C16H23ClN2O. The van der Waals surface area contributed by atoms with Crippen LogP contribution in [0.4, 0.5) is 0 Å². The first kappa shape index (κ1) is 15.3. The Hall–Kier alpha value is -1.06. The quantitative estimate of drug-likeness (QED) is 0.908. The topological polar surface area (TPSA) is 32.3 Å². The third-order valence-corrected chi connectivity index (χ3v) is 4.39. The molecule has 1 amide bonds. The van der Waals surface area contributed by atoms with E-state index < -0.39 is 0 Å². The van der Waals surface area contributed by atoms with Gasteiger partial charge in [-0.05, 0) is 31.9 Å². The molecule has 0 bridgehead atoms. The van der Waals surface area contributed by atoms with Gasteiger partial charge in [0.2, 0.25) is 0 Å². The summed E-state index contributed by atoms with van der Waals surface area (Å²) in [6.45, 7) is 10.0. The molecule has 1 N–H and O–H groups in total.